The summed E-state index contributed by atoms with van der Waals surface area (Å²) in [5.74, 6) is -4.76. The first-order valence-corrected chi connectivity index (χ1v) is 3.35. The first-order valence-electron chi connectivity index (χ1n) is 3.35. The van der Waals surface area contributed by atoms with Crippen molar-refractivity contribution in [1.29, 1.82) is 0 Å². The zero-order valence-corrected chi connectivity index (χ0v) is 6.66. The summed E-state index contributed by atoms with van der Waals surface area (Å²) in [7, 11) is 0. The van der Waals surface area contributed by atoms with Gasteiger partial charge in [0.2, 0.25) is 6.41 Å². The van der Waals surface area contributed by atoms with Crippen molar-refractivity contribution in [2.45, 2.75) is 31.5 Å². The number of alkyl halides is 5. The van der Waals surface area contributed by atoms with Gasteiger partial charge in [-0.15, -0.1) is 0 Å². The molecule has 0 aromatic heterocycles. The third-order valence-electron chi connectivity index (χ3n) is 1.33. The molecule has 0 aliphatic carbocycles. The van der Waals surface area contributed by atoms with Crippen LogP contribution in [0.3, 0.4) is 0 Å². The predicted octanol–water partition coefficient (Wildman–Crippen LogP) is 1.71. The van der Waals surface area contributed by atoms with Crippen molar-refractivity contribution in [2.75, 3.05) is 0 Å². The summed E-state index contributed by atoms with van der Waals surface area (Å²) in [6.07, 6.45) is -6.93. The van der Waals surface area contributed by atoms with Crippen LogP contribution in [0, 0.1) is 0 Å². The van der Waals surface area contributed by atoms with Gasteiger partial charge in [0, 0.05) is 12.5 Å². The van der Waals surface area contributed by atoms with Crippen LogP contribution in [0.5, 0.6) is 0 Å². The molecule has 1 amide bonds. The van der Waals surface area contributed by atoms with E-state index in [-0.39, 0.29) is 6.41 Å². The summed E-state index contributed by atoms with van der Waals surface area (Å²) in [5.41, 5.74) is 0. The van der Waals surface area contributed by atoms with Gasteiger partial charge in [-0.2, -0.15) is 22.0 Å². The Morgan fingerprint density at radius 3 is 2.08 bits per heavy atom. The van der Waals surface area contributed by atoms with E-state index < -0.39 is 24.6 Å². The largest absolute Gasteiger partial charge is 0.453 e. The van der Waals surface area contributed by atoms with E-state index in [1.165, 1.54) is 0 Å². The van der Waals surface area contributed by atoms with Gasteiger partial charge in [-0.25, -0.2) is 0 Å². The fourth-order valence-electron chi connectivity index (χ4n) is 0.675. The van der Waals surface area contributed by atoms with E-state index in [2.05, 4.69) is 0 Å². The second-order valence-corrected chi connectivity index (χ2v) is 2.59. The van der Waals surface area contributed by atoms with Gasteiger partial charge >= 0.3 is 12.1 Å². The van der Waals surface area contributed by atoms with Crippen LogP contribution in [-0.4, -0.2) is 24.6 Å². The molecule has 0 saturated heterocycles. The molecule has 1 unspecified atom stereocenters. The Labute approximate surface area is 71.1 Å². The zero-order valence-electron chi connectivity index (χ0n) is 6.66. The maximum Gasteiger partial charge on any atom is 0.453 e. The Morgan fingerprint density at radius 1 is 1.31 bits per heavy atom. The molecule has 0 saturated carbocycles. The summed E-state index contributed by atoms with van der Waals surface area (Å²) in [4.78, 5) is 9.71. The standard InChI is InChI=1S/C6H8F5NO/c1-4(12-3-13)2-5(7,8)6(9,10)11/h3-4H,2H2,1H3,(H,12,13). The molecule has 0 heterocycles. The number of nitrogens with one attached hydrogen (secondary N) is 1. The Morgan fingerprint density at radius 2 is 1.77 bits per heavy atom. The minimum atomic E-state index is -5.56. The highest BCUT2D eigenvalue weighted by atomic mass is 19.4. The van der Waals surface area contributed by atoms with Gasteiger partial charge in [0.05, 0.1) is 0 Å². The minimum Gasteiger partial charge on any atom is -0.356 e. The highest BCUT2D eigenvalue weighted by molar-refractivity contribution is 5.46. The lowest BCUT2D eigenvalue weighted by Gasteiger charge is -2.22. The first-order chi connectivity index (χ1) is 5.70. The second-order valence-electron chi connectivity index (χ2n) is 2.59. The van der Waals surface area contributed by atoms with Gasteiger partial charge in [-0.05, 0) is 6.92 Å². The summed E-state index contributed by atoms with van der Waals surface area (Å²) in [6.45, 7) is 1.06. The highest BCUT2D eigenvalue weighted by Crippen LogP contribution is 2.38. The minimum absolute atomic E-state index is 0.0805. The van der Waals surface area contributed by atoms with Crippen LogP contribution < -0.4 is 5.32 Å². The molecule has 0 rings (SSSR count). The van der Waals surface area contributed by atoms with Crippen LogP contribution in [0.4, 0.5) is 22.0 Å². The third kappa shape index (κ3) is 3.56. The van der Waals surface area contributed by atoms with Gasteiger partial charge in [0.25, 0.3) is 0 Å². The number of amides is 1. The lowest BCUT2D eigenvalue weighted by molar-refractivity contribution is -0.285. The smallest absolute Gasteiger partial charge is 0.356 e. The second kappa shape index (κ2) is 3.89. The van der Waals surface area contributed by atoms with Gasteiger partial charge < -0.3 is 5.32 Å². The van der Waals surface area contributed by atoms with E-state index in [4.69, 9.17) is 0 Å². The Kier molecular flexibility index (Phi) is 3.62. The fraction of sp³-hybridized carbons (Fsp3) is 0.833. The third-order valence-corrected chi connectivity index (χ3v) is 1.33. The average molecular weight is 205 g/mol. The molecule has 1 atom stereocenters. The molecule has 0 aliphatic rings. The Bertz CT molecular complexity index is 178. The normalized spacial score (nSPS) is 15.2. The molecular weight excluding hydrogens is 197 g/mol. The molecule has 1 N–H and O–H groups in total. The van der Waals surface area contributed by atoms with E-state index in [9.17, 15) is 26.7 Å². The predicted molar refractivity (Wildman–Crippen MR) is 34.3 cm³/mol. The number of hydrogen-bond acceptors (Lipinski definition) is 1. The van der Waals surface area contributed by atoms with Gasteiger partial charge in [-0.1, -0.05) is 0 Å². The van der Waals surface area contributed by atoms with Crippen LogP contribution in [0.25, 0.3) is 0 Å². The van der Waals surface area contributed by atoms with Crippen LogP contribution in [0.1, 0.15) is 13.3 Å². The van der Waals surface area contributed by atoms with Crippen molar-refractivity contribution in [1.82, 2.24) is 5.32 Å². The van der Waals surface area contributed by atoms with Crippen molar-refractivity contribution in [3.05, 3.63) is 0 Å². The van der Waals surface area contributed by atoms with Crippen molar-refractivity contribution in [2.24, 2.45) is 0 Å². The average Bonchev–Trinajstić information content (AvgIpc) is 1.83. The molecule has 0 spiro atoms. The van der Waals surface area contributed by atoms with E-state index in [1.807, 2.05) is 5.32 Å². The lowest BCUT2D eigenvalue weighted by Crippen LogP contribution is -2.42. The molecule has 78 valence electrons. The molecule has 0 aromatic rings. The zero-order chi connectivity index (χ0) is 10.7. The van der Waals surface area contributed by atoms with Crippen molar-refractivity contribution in [3.8, 4) is 0 Å². The molecule has 0 fully saturated rings. The summed E-state index contributed by atoms with van der Waals surface area (Å²) >= 11 is 0. The molecule has 7 heteroatoms. The topological polar surface area (TPSA) is 29.1 Å². The molecule has 13 heavy (non-hydrogen) atoms. The van der Waals surface area contributed by atoms with E-state index >= 15 is 0 Å². The number of carbonyl (C=O) groups excluding carboxylic acids is 1. The van der Waals surface area contributed by atoms with Crippen LogP contribution in [-0.2, 0) is 4.79 Å². The maximum atomic E-state index is 12.2. The number of carbonyl (C=O) groups is 1. The van der Waals surface area contributed by atoms with Gasteiger partial charge in [0.1, 0.15) is 0 Å². The monoisotopic (exact) mass is 205 g/mol. The number of hydrogen-bond donors (Lipinski definition) is 1. The van der Waals surface area contributed by atoms with Gasteiger partial charge in [-0.3, -0.25) is 4.79 Å². The molecular formula is C6H8F5NO. The van der Waals surface area contributed by atoms with Crippen molar-refractivity contribution in [3.63, 3.8) is 0 Å². The summed E-state index contributed by atoms with van der Waals surface area (Å²) in [6, 6.07) is -1.21. The molecule has 0 aliphatic heterocycles. The van der Waals surface area contributed by atoms with Crippen LogP contribution in [0.15, 0.2) is 0 Å². The summed E-state index contributed by atoms with van der Waals surface area (Å²) in [5, 5.41) is 1.81. The van der Waals surface area contributed by atoms with Crippen molar-refractivity contribution < 1.29 is 26.7 Å². The van der Waals surface area contributed by atoms with Crippen LogP contribution in [0.2, 0.25) is 0 Å². The van der Waals surface area contributed by atoms with E-state index in [0.29, 0.717) is 0 Å². The Hall–Kier alpha value is -0.880. The quantitative estimate of drug-likeness (QED) is 0.549. The molecule has 2 nitrogen and oxygen atoms in total. The van der Waals surface area contributed by atoms with E-state index in [1.54, 1.807) is 0 Å². The summed E-state index contributed by atoms with van der Waals surface area (Å²) < 4.78 is 59.2. The van der Waals surface area contributed by atoms with E-state index in [0.717, 1.165) is 6.92 Å². The SMILES string of the molecule is CC(CC(F)(F)C(F)(F)F)NC=O. The molecule has 0 bridgehead atoms. The Balaban J connectivity index is 4.24. The maximum absolute atomic E-state index is 12.2. The number of halogens is 5. The van der Waals surface area contributed by atoms with Gasteiger partial charge in [0.15, 0.2) is 0 Å². The lowest BCUT2D eigenvalue weighted by atomic mass is 10.1. The van der Waals surface area contributed by atoms with Crippen LogP contribution >= 0.6 is 0 Å². The molecule has 0 radical (unpaired) electrons. The molecule has 0 aromatic carbocycles. The number of rotatable bonds is 4. The first kappa shape index (κ1) is 12.1. The fourth-order valence-corrected chi connectivity index (χ4v) is 0.675. The van der Waals surface area contributed by atoms with Crippen molar-refractivity contribution >= 4 is 6.41 Å². The highest BCUT2D eigenvalue weighted by Gasteiger charge is 2.57.